The van der Waals surface area contributed by atoms with Gasteiger partial charge in [0.15, 0.2) is 11.6 Å². The van der Waals surface area contributed by atoms with Gasteiger partial charge < -0.3 is 19.6 Å². The first kappa shape index (κ1) is 23.8. The predicted molar refractivity (Wildman–Crippen MR) is 118 cm³/mol. The third-order valence-corrected chi connectivity index (χ3v) is 5.38. The topological polar surface area (TPSA) is 74.1 Å². The second kappa shape index (κ2) is 9.71. The van der Waals surface area contributed by atoms with E-state index in [2.05, 4.69) is 0 Å². The van der Waals surface area contributed by atoms with Gasteiger partial charge in [0.05, 0.1) is 39.3 Å². The van der Waals surface area contributed by atoms with E-state index in [4.69, 9.17) is 16.3 Å². The van der Waals surface area contributed by atoms with Gasteiger partial charge in [-0.15, -0.1) is 0 Å². The van der Waals surface area contributed by atoms with Gasteiger partial charge in [-0.3, -0.25) is 9.59 Å². The van der Waals surface area contributed by atoms with Gasteiger partial charge >= 0.3 is 0 Å². The number of carbonyl (C=O) groups excluding carboxylic acids is 2. The van der Waals surface area contributed by atoms with Crippen LogP contribution in [0.15, 0.2) is 48.0 Å². The van der Waals surface area contributed by atoms with Crippen LogP contribution in [0, 0.1) is 5.82 Å². The molecule has 1 saturated heterocycles. The minimum Gasteiger partial charge on any atom is -0.872 e. The molecule has 0 saturated carbocycles. The molecule has 170 valence electrons. The fourth-order valence-electron chi connectivity index (χ4n) is 3.58. The molecule has 1 heterocycles. The normalized spacial score (nSPS) is 18.1. The highest BCUT2D eigenvalue weighted by atomic mass is 35.5. The quantitative estimate of drug-likeness (QED) is 0.387. The summed E-state index contributed by atoms with van der Waals surface area (Å²) in [7, 11) is 3.86. The lowest BCUT2D eigenvalue weighted by molar-refractivity contribution is -0.857. The van der Waals surface area contributed by atoms with Crippen molar-refractivity contribution >= 4 is 29.1 Å². The molecule has 0 radical (unpaired) electrons. The maximum absolute atomic E-state index is 14.5. The smallest absolute Gasteiger partial charge is 0.295 e. The van der Waals surface area contributed by atoms with Crippen LogP contribution in [0.3, 0.4) is 0 Å². The Balaban J connectivity index is 2.11. The number of likely N-dealkylation sites (tertiary alicyclic amines) is 1. The SMILES string of the molecule is CC(C)Oc1ccc(C([O-])=C2C(=O)C(=O)N(CC[NH+](C)C)C2c2ccc(Cl)cc2)cc1F. The van der Waals surface area contributed by atoms with Crippen molar-refractivity contribution in [2.45, 2.75) is 26.0 Å². The van der Waals surface area contributed by atoms with Crippen molar-refractivity contribution in [1.82, 2.24) is 4.90 Å². The van der Waals surface area contributed by atoms with Gasteiger partial charge in [0.1, 0.15) is 0 Å². The standard InChI is InChI=1S/C24H26ClFN2O4/c1-14(2)32-19-10-7-16(13-18(19)26)22(29)20-21(15-5-8-17(25)9-6-15)28(12-11-27(3)4)24(31)23(20)30/h5-10,13-14,21,29H,11-12H2,1-4H3. The summed E-state index contributed by atoms with van der Waals surface area (Å²) in [6.07, 6.45) is -0.240. The lowest BCUT2D eigenvalue weighted by Gasteiger charge is -2.28. The molecule has 6 nitrogen and oxygen atoms in total. The number of nitrogens with zero attached hydrogens (tertiary/aromatic N) is 1. The number of nitrogens with one attached hydrogen (secondary N) is 1. The number of ketones is 1. The number of Topliss-reactive ketones (excluding diaryl/α,β-unsaturated/α-hetero) is 1. The summed E-state index contributed by atoms with van der Waals surface area (Å²) in [6, 6.07) is 9.57. The molecule has 8 heteroatoms. The zero-order valence-electron chi connectivity index (χ0n) is 18.4. The Morgan fingerprint density at radius 3 is 2.41 bits per heavy atom. The Kier molecular flexibility index (Phi) is 7.21. The van der Waals surface area contributed by atoms with Crippen molar-refractivity contribution in [3.05, 3.63) is 70.0 Å². The second-order valence-electron chi connectivity index (χ2n) is 8.29. The number of amides is 1. The van der Waals surface area contributed by atoms with E-state index in [1.165, 1.54) is 17.0 Å². The summed E-state index contributed by atoms with van der Waals surface area (Å²) >= 11 is 6.00. The molecular weight excluding hydrogens is 435 g/mol. The van der Waals surface area contributed by atoms with E-state index < -0.39 is 29.3 Å². The summed E-state index contributed by atoms with van der Waals surface area (Å²) in [5.41, 5.74) is 0.378. The molecule has 1 N–H and O–H groups in total. The number of quaternary nitrogens is 1. The molecule has 0 aromatic heterocycles. The fourth-order valence-corrected chi connectivity index (χ4v) is 3.71. The van der Waals surface area contributed by atoms with E-state index in [0.29, 0.717) is 17.1 Å². The van der Waals surface area contributed by atoms with E-state index in [0.717, 1.165) is 11.0 Å². The molecule has 1 fully saturated rings. The van der Waals surface area contributed by atoms with Crippen LogP contribution < -0.4 is 14.7 Å². The molecule has 3 rings (SSSR count). The van der Waals surface area contributed by atoms with Crippen LogP contribution in [-0.4, -0.2) is 49.9 Å². The van der Waals surface area contributed by atoms with Crippen LogP contribution in [0.5, 0.6) is 5.75 Å². The minimum absolute atomic E-state index is 0.0141. The van der Waals surface area contributed by atoms with E-state index >= 15 is 0 Å². The predicted octanol–water partition coefficient (Wildman–Crippen LogP) is 1.63. The number of likely N-dealkylation sites (N-methyl/N-ethyl adjacent to an activating group) is 1. The van der Waals surface area contributed by atoms with Crippen LogP contribution in [0.4, 0.5) is 4.39 Å². The Morgan fingerprint density at radius 2 is 1.84 bits per heavy atom. The first-order valence-electron chi connectivity index (χ1n) is 10.4. The van der Waals surface area contributed by atoms with Gasteiger partial charge in [-0.05, 0) is 49.2 Å². The zero-order valence-corrected chi connectivity index (χ0v) is 19.2. The zero-order chi connectivity index (χ0) is 23.6. The molecular formula is C24H26ClFN2O4. The molecule has 1 aliphatic rings. The van der Waals surface area contributed by atoms with Gasteiger partial charge in [-0.2, -0.15) is 0 Å². The van der Waals surface area contributed by atoms with E-state index in [9.17, 15) is 19.1 Å². The molecule has 32 heavy (non-hydrogen) atoms. The Morgan fingerprint density at radius 1 is 1.19 bits per heavy atom. The number of ether oxygens (including phenoxy) is 1. The Labute approximate surface area is 191 Å². The molecule has 0 aliphatic carbocycles. The number of carbonyl (C=O) groups is 2. The number of hydrogen-bond donors (Lipinski definition) is 1. The first-order chi connectivity index (χ1) is 15.1. The number of benzene rings is 2. The van der Waals surface area contributed by atoms with Crippen LogP contribution in [0.25, 0.3) is 5.76 Å². The first-order valence-corrected chi connectivity index (χ1v) is 10.8. The minimum atomic E-state index is -0.869. The van der Waals surface area contributed by atoms with Crippen LogP contribution in [-0.2, 0) is 9.59 Å². The maximum atomic E-state index is 14.5. The monoisotopic (exact) mass is 460 g/mol. The van der Waals surface area contributed by atoms with Crippen molar-refractivity contribution in [1.29, 1.82) is 0 Å². The van der Waals surface area contributed by atoms with Crippen LogP contribution in [0.1, 0.15) is 31.0 Å². The largest absolute Gasteiger partial charge is 0.872 e. The molecule has 1 atom stereocenters. The van der Waals surface area contributed by atoms with Crippen molar-refractivity contribution in [2.75, 3.05) is 27.2 Å². The Bertz CT molecular complexity index is 1050. The number of rotatable bonds is 7. The summed E-state index contributed by atoms with van der Waals surface area (Å²) < 4.78 is 19.9. The second-order valence-corrected chi connectivity index (χ2v) is 8.73. The van der Waals surface area contributed by atoms with Crippen LogP contribution in [0.2, 0.25) is 5.02 Å². The summed E-state index contributed by atoms with van der Waals surface area (Å²) in [6.45, 7) is 4.39. The van der Waals surface area contributed by atoms with Crippen LogP contribution >= 0.6 is 11.6 Å². The molecule has 1 aliphatic heterocycles. The van der Waals surface area contributed by atoms with E-state index in [-0.39, 0.29) is 29.5 Å². The van der Waals surface area contributed by atoms with Gasteiger partial charge in [-0.1, -0.05) is 35.6 Å². The lowest BCUT2D eigenvalue weighted by atomic mass is 9.95. The van der Waals surface area contributed by atoms with Crippen molar-refractivity contribution in [3.8, 4) is 5.75 Å². The molecule has 0 spiro atoms. The van der Waals surface area contributed by atoms with Gasteiger partial charge in [-0.25, -0.2) is 4.39 Å². The van der Waals surface area contributed by atoms with Gasteiger partial charge in [0.2, 0.25) is 5.78 Å². The number of hydrogen-bond acceptors (Lipinski definition) is 4. The average molecular weight is 461 g/mol. The summed E-state index contributed by atoms with van der Waals surface area (Å²) in [5.74, 6) is -2.99. The highest BCUT2D eigenvalue weighted by Gasteiger charge is 2.44. The molecule has 2 aromatic carbocycles. The Hall–Kier alpha value is -2.90. The average Bonchev–Trinajstić information content (AvgIpc) is 2.98. The molecule has 2 aromatic rings. The third kappa shape index (κ3) is 4.95. The van der Waals surface area contributed by atoms with Crippen molar-refractivity contribution in [3.63, 3.8) is 0 Å². The number of halogens is 2. The van der Waals surface area contributed by atoms with E-state index in [1.54, 1.807) is 38.1 Å². The highest BCUT2D eigenvalue weighted by Crippen LogP contribution is 2.39. The molecule has 1 unspecified atom stereocenters. The molecule has 0 bridgehead atoms. The summed E-state index contributed by atoms with van der Waals surface area (Å²) in [5, 5.41) is 13.8. The van der Waals surface area contributed by atoms with Gasteiger partial charge in [0.25, 0.3) is 5.91 Å². The van der Waals surface area contributed by atoms with Crippen molar-refractivity contribution < 1.29 is 28.7 Å². The van der Waals surface area contributed by atoms with E-state index in [1.807, 2.05) is 14.1 Å². The lowest BCUT2D eigenvalue weighted by Crippen LogP contribution is -3.06. The highest BCUT2D eigenvalue weighted by molar-refractivity contribution is 6.46. The van der Waals surface area contributed by atoms with Crippen molar-refractivity contribution in [2.24, 2.45) is 0 Å². The van der Waals surface area contributed by atoms with Gasteiger partial charge in [0, 0.05) is 10.6 Å². The summed E-state index contributed by atoms with van der Waals surface area (Å²) in [4.78, 5) is 28.2. The molecule has 1 amide bonds. The fraction of sp³-hybridized carbons (Fsp3) is 0.333. The third-order valence-electron chi connectivity index (χ3n) is 5.12. The maximum Gasteiger partial charge on any atom is 0.295 e.